The Morgan fingerprint density at radius 1 is 1.47 bits per heavy atom. The van der Waals surface area contributed by atoms with Crippen LogP contribution in [0.2, 0.25) is 0 Å². The minimum Gasteiger partial charge on any atom is -0.341 e. The van der Waals surface area contributed by atoms with E-state index in [0.717, 1.165) is 5.57 Å². The Morgan fingerprint density at radius 3 is 2.60 bits per heavy atom. The third kappa shape index (κ3) is 4.47. The predicted molar refractivity (Wildman–Crippen MR) is 62.7 cm³/mol. The summed E-state index contributed by atoms with van der Waals surface area (Å²) in [4.78, 5) is 13.4. The lowest BCUT2D eigenvalue weighted by Gasteiger charge is -2.19. The molecule has 0 aromatic carbocycles. The van der Waals surface area contributed by atoms with Crippen LogP contribution in [0, 0.1) is 0 Å². The summed E-state index contributed by atoms with van der Waals surface area (Å²) in [5.74, 6) is 0.157. The minimum atomic E-state index is 0.157. The van der Waals surface area contributed by atoms with Crippen LogP contribution in [0.15, 0.2) is 12.2 Å². The summed E-state index contributed by atoms with van der Waals surface area (Å²) in [5, 5.41) is 3.31. The van der Waals surface area contributed by atoms with Gasteiger partial charge in [-0.1, -0.05) is 25.0 Å². The molecule has 0 aliphatic heterocycles. The van der Waals surface area contributed by atoms with Gasteiger partial charge in [0.2, 0.25) is 5.91 Å². The monoisotopic (exact) mass is 210 g/mol. The molecule has 0 spiro atoms. The molecule has 15 heavy (non-hydrogen) atoms. The van der Waals surface area contributed by atoms with Crippen LogP contribution in [-0.2, 0) is 4.79 Å². The Morgan fingerprint density at radius 2 is 2.07 bits per heavy atom. The second-order valence-electron chi connectivity index (χ2n) is 4.57. The molecule has 1 aliphatic carbocycles. The molecule has 0 aromatic rings. The number of hydrogen-bond acceptors (Lipinski definition) is 2. The Labute approximate surface area is 92.5 Å². The summed E-state index contributed by atoms with van der Waals surface area (Å²) in [7, 11) is 1.83. The molecule has 1 N–H and O–H groups in total. The van der Waals surface area contributed by atoms with Crippen molar-refractivity contribution in [3.63, 3.8) is 0 Å². The fraction of sp³-hybridized carbons (Fsp3) is 0.750. The maximum atomic E-state index is 11.7. The lowest BCUT2D eigenvalue weighted by Crippen LogP contribution is -2.39. The highest BCUT2D eigenvalue weighted by atomic mass is 16.2. The van der Waals surface area contributed by atoms with E-state index >= 15 is 0 Å². The van der Waals surface area contributed by atoms with Gasteiger partial charge in [-0.25, -0.2) is 0 Å². The molecule has 0 saturated heterocycles. The first kappa shape index (κ1) is 12.2. The zero-order valence-electron chi connectivity index (χ0n) is 9.88. The van der Waals surface area contributed by atoms with Crippen LogP contribution in [0.5, 0.6) is 0 Å². The van der Waals surface area contributed by atoms with Crippen LogP contribution in [-0.4, -0.2) is 37.0 Å². The molecule has 1 aliphatic rings. The maximum absolute atomic E-state index is 11.7. The van der Waals surface area contributed by atoms with Crippen LogP contribution < -0.4 is 5.32 Å². The molecule has 0 radical (unpaired) electrons. The average molecular weight is 210 g/mol. The molecule has 0 heterocycles. The normalized spacial score (nSPS) is 16.7. The highest BCUT2D eigenvalue weighted by Crippen LogP contribution is 2.17. The number of hydrogen-bond donors (Lipinski definition) is 1. The van der Waals surface area contributed by atoms with Crippen molar-refractivity contribution in [3.05, 3.63) is 12.2 Å². The fourth-order valence-corrected chi connectivity index (χ4v) is 1.99. The lowest BCUT2D eigenvalue weighted by molar-refractivity contribution is -0.128. The van der Waals surface area contributed by atoms with Gasteiger partial charge in [-0.15, -0.1) is 0 Å². The van der Waals surface area contributed by atoms with E-state index in [-0.39, 0.29) is 5.91 Å². The van der Waals surface area contributed by atoms with Crippen LogP contribution in [0.1, 0.15) is 32.6 Å². The summed E-state index contributed by atoms with van der Waals surface area (Å²) >= 11 is 0. The summed E-state index contributed by atoms with van der Waals surface area (Å²) < 4.78 is 0. The largest absolute Gasteiger partial charge is 0.341 e. The van der Waals surface area contributed by atoms with Crippen molar-refractivity contribution >= 4 is 5.91 Å². The smallest absolute Gasteiger partial charge is 0.236 e. The van der Waals surface area contributed by atoms with E-state index < -0.39 is 0 Å². The van der Waals surface area contributed by atoms with Gasteiger partial charge in [0.15, 0.2) is 0 Å². The summed E-state index contributed by atoms with van der Waals surface area (Å²) in [5.41, 5.74) is 1.02. The molecule has 0 bridgehead atoms. The van der Waals surface area contributed by atoms with Crippen molar-refractivity contribution in [2.75, 3.05) is 20.1 Å². The van der Waals surface area contributed by atoms with Gasteiger partial charge >= 0.3 is 0 Å². The van der Waals surface area contributed by atoms with E-state index in [1.54, 1.807) is 4.90 Å². The summed E-state index contributed by atoms with van der Waals surface area (Å²) in [6, 6.07) is 0.562. The third-order valence-electron chi connectivity index (χ3n) is 2.83. The van der Waals surface area contributed by atoms with E-state index in [0.29, 0.717) is 19.1 Å². The van der Waals surface area contributed by atoms with Gasteiger partial charge < -0.3 is 10.2 Å². The number of carbonyl (C=O) groups is 1. The highest BCUT2D eigenvalue weighted by molar-refractivity contribution is 5.78. The second-order valence-corrected chi connectivity index (χ2v) is 4.57. The molecule has 86 valence electrons. The number of carbonyl (C=O) groups excluding carboxylic acids is 1. The first-order valence-corrected chi connectivity index (χ1v) is 5.71. The second kappa shape index (κ2) is 5.91. The standard InChI is InChI=1S/C12H22N2O/c1-10(2)9-14(3)12(15)8-13-11-6-4-5-7-11/h11,13H,1,4-9H2,2-3H3. The van der Waals surface area contributed by atoms with Crippen LogP contribution in [0.4, 0.5) is 0 Å². The van der Waals surface area contributed by atoms with Gasteiger partial charge in [-0.2, -0.15) is 0 Å². The van der Waals surface area contributed by atoms with Crippen LogP contribution in [0.25, 0.3) is 0 Å². The topological polar surface area (TPSA) is 32.3 Å². The van der Waals surface area contributed by atoms with Gasteiger partial charge in [-0.05, 0) is 19.8 Å². The van der Waals surface area contributed by atoms with E-state index in [2.05, 4.69) is 11.9 Å². The maximum Gasteiger partial charge on any atom is 0.236 e. The number of rotatable bonds is 5. The lowest BCUT2D eigenvalue weighted by atomic mass is 10.2. The van der Waals surface area contributed by atoms with Crippen molar-refractivity contribution in [2.24, 2.45) is 0 Å². The van der Waals surface area contributed by atoms with Crippen molar-refractivity contribution in [3.8, 4) is 0 Å². The van der Waals surface area contributed by atoms with Crippen molar-refractivity contribution in [2.45, 2.75) is 38.6 Å². The molecule has 0 atom stereocenters. The Bertz CT molecular complexity index is 232. The molecule has 3 heteroatoms. The van der Waals surface area contributed by atoms with E-state index in [9.17, 15) is 4.79 Å². The van der Waals surface area contributed by atoms with Gasteiger partial charge in [0.05, 0.1) is 6.54 Å². The Hall–Kier alpha value is -0.830. The summed E-state index contributed by atoms with van der Waals surface area (Å²) in [6.45, 7) is 6.86. The van der Waals surface area contributed by atoms with Crippen molar-refractivity contribution < 1.29 is 4.79 Å². The molecule has 1 amide bonds. The molecule has 1 fully saturated rings. The average Bonchev–Trinajstić information content (AvgIpc) is 2.65. The minimum absolute atomic E-state index is 0.157. The van der Waals surface area contributed by atoms with Gasteiger partial charge in [0, 0.05) is 19.6 Å². The molecule has 1 rings (SSSR count). The SMILES string of the molecule is C=C(C)CN(C)C(=O)CNC1CCCC1. The number of amides is 1. The predicted octanol–water partition coefficient (Wildman–Crippen LogP) is 1.55. The molecule has 0 aromatic heterocycles. The Kier molecular flexibility index (Phi) is 4.82. The fourth-order valence-electron chi connectivity index (χ4n) is 1.99. The quantitative estimate of drug-likeness (QED) is 0.698. The van der Waals surface area contributed by atoms with Gasteiger partial charge in [0.1, 0.15) is 0 Å². The number of nitrogens with zero attached hydrogens (tertiary/aromatic N) is 1. The third-order valence-corrected chi connectivity index (χ3v) is 2.83. The zero-order chi connectivity index (χ0) is 11.3. The molecule has 0 unspecified atom stereocenters. The highest BCUT2D eigenvalue weighted by Gasteiger charge is 2.16. The van der Waals surface area contributed by atoms with Crippen LogP contribution >= 0.6 is 0 Å². The van der Waals surface area contributed by atoms with Crippen LogP contribution in [0.3, 0.4) is 0 Å². The molecule has 3 nitrogen and oxygen atoms in total. The van der Waals surface area contributed by atoms with E-state index in [1.807, 2.05) is 14.0 Å². The van der Waals surface area contributed by atoms with E-state index in [1.165, 1.54) is 25.7 Å². The number of nitrogens with one attached hydrogen (secondary N) is 1. The first-order chi connectivity index (χ1) is 7.09. The molecular formula is C12H22N2O. The number of likely N-dealkylation sites (N-methyl/N-ethyl adjacent to an activating group) is 1. The summed E-state index contributed by atoms with van der Waals surface area (Å²) in [6.07, 6.45) is 5.04. The van der Waals surface area contributed by atoms with Gasteiger partial charge in [0.25, 0.3) is 0 Å². The zero-order valence-corrected chi connectivity index (χ0v) is 9.88. The van der Waals surface area contributed by atoms with Gasteiger partial charge in [-0.3, -0.25) is 4.79 Å². The Balaban J connectivity index is 2.19. The van der Waals surface area contributed by atoms with Crippen molar-refractivity contribution in [1.29, 1.82) is 0 Å². The molecular weight excluding hydrogens is 188 g/mol. The molecule has 1 saturated carbocycles. The van der Waals surface area contributed by atoms with E-state index in [4.69, 9.17) is 0 Å². The van der Waals surface area contributed by atoms with Crippen molar-refractivity contribution in [1.82, 2.24) is 10.2 Å². The first-order valence-electron chi connectivity index (χ1n) is 5.71.